The van der Waals surface area contributed by atoms with Crippen molar-refractivity contribution in [2.24, 2.45) is 0 Å². The van der Waals surface area contributed by atoms with Gasteiger partial charge in [0.05, 0.1) is 6.67 Å². The maximum absolute atomic E-state index is 2.52. The van der Waals surface area contributed by atoms with Crippen LogP contribution in [-0.2, 0) is 0 Å². The number of rotatable bonds is 2. The van der Waals surface area contributed by atoms with Gasteiger partial charge in [-0.15, -0.1) is 0 Å². The molecule has 0 aliphatic carbocycles. The average molecular weight is 140 g/mol. The smallest absolute Gasteiger partial charge is 0.0512 e. The van der Waals surface area contributed by atoms with Gasteiger partial charge in [-0.1, -0.05) is 0 Å². The van der Waals surface area contributed by atoms with E-state index in [2.05, 4.69) is 23.6 Å². The molecule has 1 unspecified atom stereocenters. The minimum Gasteiger partial charge on any atom is -0.290 e. The van der Waals surface area contributed by atoms with E-state index < -0.39 is 0 Å². The Morgan fingerprint density at radius 1 is 1.30 bits per heavy atom. The third-order valence-corrected chi connectivity index (χ3v) is 2.65. The van der Waals surface area contributed by atoms with Gasteiger partial charge in [0.2, 0.25) is 0 Å². The zero-order chi connectivity index (χ0) is 7.19. The molecule has 0 amide bonds. The Morgan fingerprint density at radius 3 is 2.20 bits per heavy atom. The number of hydrogen-bond donors (Lipinski definition) is 0. The normalized spacial score (nSPS) is 37.2. The van der Waals surface area contributed by atoms with Crippen molar-refractivity contribution >= 4 is 0 Å². The SMILES string of the molecule is CC1(C)CN1CN1CCC1. The summed E-state index contributed by atoms with van der Waals surface area (Å²) in [6.07, 6.45) is 1.41. The van der Waals surface area contributed by atoms with E-state index in [9.17, 15) is 0 Å². The van der Waals surface area contributed by atoms with E-state index in [1.54, 1.807) is 0 Å². The molecule has 2 heterocycles. The van der Waals surface area contributed by atoms with Crippen LogP contribution in [0.1, 0.15) is 20.3 Å². The predicted octanol–water partition coefficient (Wildman–Crippen LogP) is 0.744. The molecule has 2 fully saturated rings. The molecule has 2 rings (SSSR count). The third-order valence-electron chi connectivity index (χ3n) is 2.65. The standard InChI is InChI=1S/C8H16N2/c1-8(2)6-10(8)7-9-4-3-5-9/h3-7H2,1-2H3. The highest BCUT2D eigenvalue weighted by molar-refractivity contribution is 4.99. The molecule has 1 atom stereocenters. The van der Waals surface area contributed by atoms with Crippen molar-refractivity contribution < 1.29 is 0 Å². The molecule has 0 bridgehead atoms. The van der Waals surface area contributed by atoms with Gasteiger partial charge in [-0.25, -0.2) is 0 Å². The van der Waals surface area contributed by atoms with E-state index in [1.165, 1.54) is 32.7 Å². The summed E-state index contributed by atoms with van der Waals surface area (Å²) in [5, 5.41) is 0. The lowest BCUT2D eigenvalue weighted by molar-refractivity contribution is 0.126. The monoisotopic (exact) mass is 140 g/mol. The van der Waals surface area contributed by atoms with Crippen molar-refractivity contribution in [3.05, 3.63) is 0 Å². The summed E-state index contributed by atoms with van der Waals surface area (Å²) >= 11 is 0. The highest BCUT2D eigenvalue weighted by Gasteiger charge is 2.43. The van der Waals surface area contributed by atoms with E-state index >= 15 is 0 Å². The first-order valence-corrected chi connectivity index (χ1v) is 4.16. The van der Waals surface area contributed by atoms with Gasteiger partial charge in [0, 0.05) is 25.2 Å². The first kappa shape index (κ1) is 6.62. The van der Waals surface area contributed by atoms with Crippen molar-refractivity contribution in [3.63, 3.8) is 0 Å². The van der Waals surface area contributed by atoms with Gasteiger partial charge in [-0.3, -0.25) is 9.80 Å². The Hall–Kier alpha value is -0.0800. The molecule has 2 heteroatoms. The summed E-state index contributed by atoms with van der Waals surface area (Å²) in [7, 11) is 0. The van der Waals surface area contributed by atoms with Gasteiger partial charge in [0.25, 0.3) is 0 Å². The first-order valence-electron chi connectivity index (χ1n) is 4.16. The topological polar surface area (TPSA) is 6.25 Å². The molecule has 0 aromatic heterocycles. The van der Waals surface area contributed by atoms with Crippen LogP contribution in [0.25, 0.3) is 0 Å². The van der Waals surface area contributed by atoms with Gasteiger partial charge in [-0.05, 0) is 20.3 Å². The van der Waals surface area contributed by atoms with Crippen molar-refractivity contribution in [2.45, 2.75) is 25.8 Å². The molecule has 0 saturated carbocycles. The fraction of sp³-hybridized carbons (Fsp3) is 1.00. The van der Waals surface area contributed by atoms with Crippen molar-refractivity contribution in [2.75, 3.05) is 26.3 Å². The largest absolute Gasteiger partial charge is 0.290 e. The molecule has 0 aromatic rings. The Balaban J connectivity index is 1.73. The van der Waals surface area contributed by atoms with E-state index in [0.29, 0.717) is 5.54 Å². The predicted molar refractivity (Wildman–Crippen MR) is 41.8 cm³/mol. The zero-order valence-electron chi connectivity index (χ0n) is 6.93. The molecule has 0 spiro atoms. The molecule has 10 heavy (non-hydrogen) atoms. The lowest BCUT2D eigenvalue weighted by Crippen LogP contribution is -2.41. The van der Waals surface area contributed by atoms with Crippen LogP contribution >= 0.6 is 0 Å². The van der Waals surface area contributed by atoms with Crippen LogP contribution in [0.3, 0.4) is 0 Å². The Morgan fingerprint density at radius 2 is 1.90 bits per heavy atom. The van der Waals surface area contributed by atoms with Gasteiger partial charge >= 0.3 is 0 Å². The van der Waals surface area contributed by atoms with Crippen LogP contribution in [0, 0.1) is 0 Å². The third kappa shape index (κ3) is 1.06. The van der Waals surface area contributed by atoms with E-state index in [-0.39, 0.29) is 0 Å². The van der Waals surface area contributed by atoms with Crippen LogP contribution in [0.15, 0.2) is 0 Å². The Kier molecular flexibility index (Phi) is 1.29. The summed E-state index contributed by atoms with van der Waals surface area (Å²) in [5.74, 6) is 0. The van der Waals surface area contributed by atoms with E-state index in [1.807, 2.05) is 0 Å². The molecule has 58 valence electrons. The van der Waals surface area contributed by atoms with Gasteiger partial charge in [0.1, 0.15) is 0 Å². The highest BCUT2D eigenvalue weighted by Crippen LogP contribution is 2.31. The molecule has 2 nitrogen and oxygen atoms in total. The quantitative estimate of drug-likeness (QED) is 0.522. The number of nitrogens with zero attached hydrogens (tertiary/aromatic N) is 2. The van der Waals surface area contributed by atoms with E-state index in [0.717, 1.165) is 0 Å². The number of hydrogen-bond acceptors (Lipinski definition) is 2. The maximum Gasteiger partial charge on any atom is 0.0512 e. The minimum absolute atomic E-state index is 0.523. The zero-order valence-corrected chi connectivity index (χ0v) is 6.93. The second-order valence-corrected chi connectivity index (χ2v) is 4.12. The van der Waals surface area contributed by atoms with E-state index in [4.69, 9.17) is 0 Å². The van der Waals surface area contributed by atoms with Crippen molar-refractivity contribution in [1.82, 2.24) is 9.80 Å². The summed E-state index contributed by atoms with van der Waals surface area (Å²) in [6.45, 7) is 9.79. The fourth-order valence-electron chi connectivity index (χ4n) is 1.44. The van der Waals surface area contributed by atoms with Gasteiger partial charge in [0.15, 0.2) is 0 Å². The first-order chi connectivity index (χ1) is 4.68. The fourth-order valence-corrected chi connectivity index (χ4v) is 1.44. The summed E-state index contributed by atoms with van der Waals surface area (Å²) < 4.78 is 0. The van der Waals surface area contributed by atoms with Gasteiger partial charge in [-0.2, -0.15) is 0 Å². The van der Waals surface area contributed by atoms with Crippen LogP contribution in [0.2, 0.25) is 0 Å². The highest BCUT2D eigenvalue weighted by atomic mass is 15.4. The molecular weight excluding hydrogens is 124 g/mol. The van der Waals surface area contributed by atoms with Crippen LogP contribution in [0.4, 0.5) is 0 Å². The Bertz CT molecular complexity index is 138. The lowest BCUT2D eigenvalue weighted by Gasteiger charge is -2.31. The summed E-state index contributed by atoms with van der Waals surface area (Å²) in [5.41, 5.74) is 0.523. The average Bonchev–Trinajstić information content (AvgIpc) is 2.29. The van der Waals surface area contributed by atoms with Crippen LogP contribution in [0.5, 0.6) is 0 Å². The van der Waals surface area contributed by atoms with Crippen molar-refractivity contribution in [1.29, 1.82) is 0 Å². The molecule has 2 aliphatic rings. The molecule has 0 N–H and O–H groups in total. The molecule has 0 radical (unpaired) electrons. The number of likely N-dealkylation sites (tertiary alicyclic amines) is 1. The molecule has 0 aromatic carbocycles. The van der Waals surface area contributed by atoms with Crippen molar-refractivity contribution in [3.8, 4) is 0 Å². The molecule has 2 aliphatic heterocycles. The molecule has 2 saturated heterocycles. The second-order valence-electron chi connectivity index (χ2n) is 4.12. The minimum atomic E-state index is 0.523. The molecular formula is C8H16N2. The summed E-state index contributed by atoms with van der Waals surface area (Å²) in [4.78, 5) is 5.03. The van der Waals surface area contributed by atoms with Crippen LogP contribution < -0.4 is 0 Å². The maximum atomic E-state index is 2.52. The van der Waals surface area contributed by atoms with Crippen LogP contribution in [-0.4, -0.2) is 41.6 Å². The van der Waals surface area contributed by atoms with Gasteiger partial charge < -0.3 is 0 Å². The summed E-state index contributed by atoms with van der Waals surface area (Å²) in [6, 6.07) is 0. The lowest BCUT2D eigenvalue weighted by atomic mass is 10.2. The Labute approximate surface area is 62.8 Å². The second kappa shape index (κ2) is 1.95.